The first kappa shape index (κ1) is 11.4. The van der Waals surface area contributed by atoms with Crippen LogP contribution in [0, 0.1) is 5.82 Å². The van der Waals surface area contributed by atoms with Gasteiger partial charge in [0.15, 0.2) is 11.6 Å². The molecule has 1 rings (SSSR count). The minimum absolute atomic E-state index is 0.0556. The molecule has 1 atom stereocenters. The van der Waals surface area contributed by atoms with E-state index in [1.54, 1.807) is 0 Å². The Kier molecular flexibility index (Phi) is 2.93. The quantitative estimate of drug-likeness (QED) is 0.841. The molecule has 1 aromatic carbocycles. The van der Waals surface area contributed by atoms with Gasteiger partial charge in [0, 0.05) is 5.56 Å². The lowest BCUT2D eigenvalue weighted by molar-refractivity contribution is -0.150. The number of ether oxygens (including phenoxy) is 1. The maximum atomic E-state index is 13.6. The number of methoxy groups -OCH3 is 1. The van der Waals surface area contributed by atoms with Gasteiger partial charge in [0.1, 0.15) is 0 Å². The van der Waals surface area contributed by atoms with E-state index >= 15 is 0 Å². The van der Waals surface area contributed by atoms with Crippen molar-refractivity contribution in [3.05, 3.63) is 29.6 Å². The third-order valence-electron chi connectivity index (χ3n) is 2.10. The fourth-order valence-electron chi connectivity index (χ4n) is 1.08. The molecule has 0 spiro atoms. The van der Waals surface area contributed by atoms with E-state index in [0.717, 1.165) is 13.0 Å². The van der Waals surface area contributed by atoms with Crippen molar-refractivity contribution >= 4 is 5.97 Å². The lowest BCUT2D eigenvalue weighted by atomic mass is 9.98. The van der Waals surface area contributed by atoms with Gasteiger partial charge < -0.3 is 9.84 Å². The summed E-state index contributed by atoms with van der Waals surface area (Å²) in [5, 5.41) is 8.58. The molecule has 0 fully saturated rings. The molecule has 5 heteroatoms. The highest BCUT2D eigenvalue weighted by Gasteiger charge is 2.35. The maximum Gasteiger partial charge on any atom is 0.345 e. The molecule has 0 aromatic heterocycles. The van der Waals surface area contributed by atoms with Crippen molar-refractivity contribution in [2.24, 2.45) is 0 Å². The van der Waals surface area contributed by atoms with Gasteiger partial charge >= 0.3 is 5.97 Å². The number of carbonyl (C=O) groups is 1. The standard InChI is InChI=1S/C10H10F2O3/c1-10(12,9(13)14)6-3-4-8(15-2)7(11)5-6/h3-5H,1-2H3,(H,13,14). The minimum Gasteiger partial charge on any atom is -0.494 e. The first-order valence-electron chi connectivity index (χ1n) is 4.16. The molecular weight excluding hydrogens is 206 g/mol. The number of rotatable bonds is 3. The Hall–Kier alpha value is -1.65. The molecular formula is C10H10F2O3. The first-order chi connectivity index (χ1) is 6.89. The second kappa shape index (κ2) is 3.84. The molecule has 0 aliphatic heterocycles. The van der Waals surface area contributed by atoms with Crippen molar-refractivity contribution in [3.63, 3.8) is 0 Å². The smallest absolute Gasteiger partial charge is 0.345 e. The zero-order valence-corrected chi connectivity index (χ0v) is 8.25. The number of alkyl halides is 1. The average Bonchev–Trinajstić information content (AvgIpc) is 2.17. The van der Waals surface area contributed by atoms with Crippen molar-refractivity contribution in [2.75, 3.05) is 7.11 Å². The van der Waals surface area contributed by atoms with Gasteiger partial charge in [0.05, 0.1) is 7.11 Å². The van der Waals surface area contributed by atoms with Crippen LogP contribution in [0.4, 0.5) is 8.78 Å². The summed E-state index contributed by atoms with van der Waals surface area (Å²) in [5.41, 5.74) is -2.86. The second-order valence-corrected chi connectivity index (χ2v) is 3.16. The van der Waals surface area contributed by atoms with Gasteiger partial charge in [-0.1, -0.05) is 6.07 Å². The van der Waals surface area contributed by atoms with E-state index in [0.29, 0.717) is 0 Å². The lowest BCUT2D eigenvalue weighted by Crippen LogP contribution is -2.26. The predicted octanol–water partition coefficient (Wildman–Crippen LogP) is 2.10. The van der Waals surface area contributed by atoms with Crippen molar-refractivity contribution < 1.29 is 23.4 Å². The van der Waals surface area contributed by atoms with E-state index in [2.05, 4.69) is 4.74 Å². The van der Waals surface area contributed by atoms with E-state index in [4.69, 9.17) is 5.11 Å². The second-order valence-electron chi connectivity index (χ2n) is 3.16. The Labute approximate surface area is 85.3 Å². The zero-order chi connectivity index (χ0) is 11.6. The number of halogens is 2. The molecule has 0 saturated heterocycles. The van der Waals surface area contributed by atoms with Crippen LogP contribution in [0.1, 0.15) is 12.5 Å². The summed E-state index contributed by atoms with van der Waals surface area (Å²) >= 11 is 0. The number of hydrogen-bond donors (Lipinski definition) is 1. The van der Waals surface area contributed by atoms with Gasteiger partial charge in [-0.2, -0.15) is 0 Å². The van der Waals surface area contributed by atoms with E-state index in [-0.39, 0.29) is 11.3 Å². The third-order valence-corrected chi connectivity index (χ3v) is 2.10. The summed E-state index contributed by atoms with van der Waals surface area (Å²) in [7, 11) is 1.27. The van der Waals surface area contributed by atoms with Gasteiger partial charge in [-0.3, -0.25) is 0 Å². The molecule has 15 heavy (non-hydrogen) atoms. The van der Waals surface area contributed by atoms with Gasteiger partial charge in [0.25, 0.3) is 0 Å². The van der Waals surface area contributed by atoms with Crippen LogP contribution in [0.2, 0.25) is 0 Å². The normalized spacial score (nSPS) is 14.4. The van der Waals surface area contributed by atoms with Crippen molar-refractivity contribution in [1.29, 1.82) is 0 Å². The molecule has 0 amide bonds. The van der Waals surface area contributed by atoms with Gasteiger partial charge in [-0.15, -0.1) is 0 Å². The Morgan fingerprint density at radius 3 is 2.53 bits per heavy atom. The van der Waals surface area contributed by atoms with Crippen molar-refractivity contribution in [3.8, 4) is 5.75 Å². The predicted molar refractivity (Wildman–Crippen MR) is 49.0 cm³/mol. The number of benzene rings is 1. The molecule has 0 heterocycles. The molecule has 1 N–H and O–H groups in total. The summed E-state index contributed by atoms with van der Waals surface area (Å²) in [6.45, 7) is 0.858. The van der Waals surface area contributed by atoms with Crippen LogP contribution < -0.4 is 4.74 Å². The molecule has 3 nitrogen and oxygen atoms in total. The molecule has 1 unspecified atom stereocenters. The minimum atomic E-state index is -2.60. The first-order valence-corrected chi connectivity index (χ1v) is 4.16. The number of carboxylic acids is 1. The molecule has 0 aliphatic carbocycles. The topological polar surface area (TPSA) is 46.5 Å². The van der Waals surface area contributed by atoms with Gasteiger partial charge in [-0.05, 0) is 19.1 Å². The summed E-state index contributed by atoms with van der Waals surface area (Å²) in [4.78, 5) is 10.6. The van der Waals surface area contributed by atoms with Crippen molar-refractivity contribution in [1.82, 2.24) is 0 Å². The summed E-state index contributed by atoms with van der Waals surface area (Å²) in [6, 6.07) is 3.18. The summed E-state index contributed by atoms with van der Waals surface area (Å²) < 4.78 is 31.3. The Balaban J connectivity index is 3.18. The third kappa shape index (κ3) is 2.06. The van der Waals surface area contributed by atoms with E-state index in [1.165, 1.54) is 19.2 Å². The van der Waals surface area contributed by atoms with Crippen LogP contribution in [0.3, 0.4) is 0 Å². The Morgan fingerprint density at radius 1 is 1.53 bits per heavy atom. The Bertz CT molecular complexity index is 388. The van der Waals surface area contributed by atoms with Crippen LogP contribution in [0.25, 0.3) is 0 Å². The Morgan fingerprint density at radius 2 is 2.13 bits per heavy atom. The fourth-order valence-corrected chi connectivity index (χ4v) is 1.08. The summed E-state index contributed by atoms with van der Waals surface area (Å²) in [5.74, 6) is -2.51. The van der Waals surface area contributed by atoms with Crippen LogP contribution >= 0.6 is 0 Å². The summed E-state index contributed by atoms with van der Waals surface area (Å²) in [6.07, 6.45) is 0. The van der Waals surface area contributed by atoms with Crippen molar-refractivity contribution in [2.45, 2.75) is 12.6 Å². The molecule has 1 aromatic rings. The van der Waals surface area contributed by atoms with E-state index in [1.807, 2.05) is 0 Å². The largest absolute Gasteiger partial charge is 0.494 e. The molecule has 0 radical (unpaired) electrons. The van der Waals surface area contributed by atoms with E-state index < -0.39 is 17.5 Å². The van der Waals surface area contributed by atoms with Crippen LogP contribution in [-0.2, 0) is 10.5 Å². The SMILES string of the molecule is COc1ccc(C(C)(F)C(=O)O)cc1F. The number of carboxylic acid groups (broad SMARTS) is 1. The molecule has 0 aliphatic rings. The zero-order valence-electron chi connectivity index (χ0n) is 8.25. The van der Waals surface area contributed by atoms with Crippen LogP contribution in [0.15, 0.2) is 18.2 Å². The molecule has 0 saturated carbocycles. The van der Waals surface area contributed by atoms with Gasteiger partial charge in [0.2, 0.25) is 5.67 Å². The monoisotopic (exact) mass is 216 g/mol. The molecule has 82 valence electrons. The van der Waals surface area contributed by atoms with Gasteiger partial charge in [-0.25, -0.2) is 13.6 Å². The molecule has 0 bridgehead atoms. The van der Waals surface area contributed by atoms with E-state index in [9.17, 15) is 13.6 Å². The lowest BCUT2D eigenvalue weighted by Gasteiger charge is -2.15. The number of hydrogen-bond acceptors (Lipinski definition) is 2. The maximum absolute atomic E-state index is 13.6. The highest BCUT2D eigenvalue weighted by molar-refractivity contribution is 5.78. The van der Waals surface area contributed by atoms with Crippen LogP contribution in [-0.4, -0.2) is 18.2 Å². The van der Waals surface area contributed by atoms with Crippen LogP contribution in [0.5, 0.6) is 5.75 Å². The highest BCUT2D eigenvalue weighted by Crippen LogP contribution is 2.29. The average molecular weight is 216 g/mol. The number of aliphatic carboxylic acids is 1. The fraction of sp³-hybridized carbons (Fsp3) is 0.300. The highest BCUT2D eigenvalue weighted by atomic mass is 19.1.